The SMILES string of the molecule is C1=Nc2[nH]cnc2[N]1. The molecule has 0 atom stereocenters. The Bertz CT molecular complexity index is 224. The van der Waals surface area contributed by atoms with E-state index in [9.17, 15) is 0 Å². The average Bonchev–Trinajstić information content (AvgIpc) is 2.15. The Morgan fingerprint density at radius 1 is 1.50 bits per heavy atom. The van der Waals surface area contributed by atoms with Gasteiger partial charge >= 0.3 is 0 Å². The van der Waals surface area contributed by atoms with E-state index in [-0.39, 0.29) is 0 Å². The van der Waals surface area contributed by atoms with Crippen molar-refractivity contribution >= 4 is 18.0 Å². The van der Waals surface area contributed by atoms with Crippen LogP contribution >= 0.6 is 0 Å². The summed E-state index contributed by atoms with van der Waals surface area (Å²) in [5.74, 6) is 1.44. The summed E-state index contributed by atoms with van der Waals surface area (Å²) in [5.41, 5.74) is 0. The predicted molar refractivity (Wildman–Crippen MR) is 28.5 cm³/mol. The fraction of sp³-hybridized carbons (Fsp3) is 0. The first kappa shape index (κ1) is 3.65. The van der Waals surface area contributed by atoms with Gasteiger partial charge in [0.2, 0.25) is 0 Å². The maximum atomic E-state index is 3.85. The van der Waals surface area contributed by atoms with Crippen molar-refractivity contribution in [3.8, 4) is 0 Å². The van der Waals surface area contributed by atoms with Gasteiger partial charge in [0, 0.05) is 0 Å². The first-order chi connectivity index (χ1) is 3.97. The second-order valence-corrected chi connectivity index (χ2v) is 1.45. The lowest BCUT2D eigenvalue weighted by Crippen LogP contribution is -1.84. The topological polar surface area (TPSA) is 55.1 Å². The van der Waals surface area contributed by atoms with Gasteiger partial charge in [0.15, 0.2) is 11.6 Å². The molecule has 1 aliphatic heterocycles. The molecule has 4 nitrogen and oxygen atoms in total. The summed E-state index contributed by atoms with van der Waals surface area (Å²) < 4.78 is 0. The number of hydrogen-bond donors (Lipinski definition) is 1. The zero-order valence-electron chi connectivity index (χ0n) is 4.00. The number of aliphatic imine (C=N–C) groups is 1. The first-order valence-corrected chi connectivity index (χ1v) is 2.23. The van der Waals surface area contributed by atoms with E-state index in [4.69, 9.17) is 0 Å². The van der Waals surface area contributed by atoms with Gasteiger partial charge in [-0.05, 0) is 0 Å². The molecule has 0 saturated heterocycles. The molecule has 39 valence electrons. The summed E-state index contributed by atoms with van der Waals surface area (Å²) in [4.78, 5) is 10.5. The molecule has 0 bridgehead atoms. The van der Waals surface area contributed by atoms with E-state index in [0.29, 0.717) is 5.82 Å². The van der Waals surface area contributed by atoms with Gasteiger partial charge in [-0.2, -0.15) is 0 Å². The second-order valence-electron chi connectivity index (χ2n) is 1.45. The molecule has 8 heavy (non-hydrogen) atoms. The van der Waals surface area contributed by atoms with Gasteiger partial charge < -0.3 is 4.98 Å². The van der Waals surface area contributed by atoms with E-state index in [1.54, 1.807) is 6.33 Å². The highest BCUT2D eigenvalue weighted by atomic mass is 15.2. The van der Waals surface area contributed by atoms with E-state index < -0.39 is 0 Å². The summed E-state index contributed by atoms with van der Waals surface area (Å²) in [6.45, 7) is 0. The van der Waals surface area contributed by atoms with E-state index in [0.717, 1.165) is 5.82 Å². The summed E-state index contributed by atoms with van der Waals surface area (Å²) in [5, 5.41) is 3.83. The lowest BCUT2D eigenvalue weighted by Gasteiger charge is -1.76. The number of imidazole rings is 1. The molecule has 2 rings (SSSR count). The smallest absolute Gasteiger partial charge is 0.198 e. The van der Waals surface area contributed by atoms with Crippen LogP contribution in [0.4, 0.5) is 11.6 Å². The average molecular weight is 107 g/mol. The summed E-state index contributed by atoms with van der Waals surface area (Å²) >= 11 is 0. The molecular weight excluding hydrogens is 104 g/mol. The molecule has 1 aliphatic rings. The lowest BCUT2D eigenvalue weighted by molar-refractivity contribution is 1.21. The van der Waals surface area contributed by atoms with E-state index >= 15 is 0 Å². The number of H-pyrrole nitrogens is 1. The molecule has 0 unspecified atom stereocenters. The zero-order valence-corrected chi connectivity index (χ0v) is 4.00. The maximum absolute atomic E-state index is 3.85. The van der Waals surface area contributed by atoms with Crippen molar-refractivity contribution in [2.24, 2.45) is 4.99 Å². The van der Waals surface area contributed by atoms with Gasteiger partial charge in [-0.1, -0.05) is 0 Å². The molecule has 1 aromatic heterocycles. The Kier molecular flexibility index (Phi) is 0.498. The molecule has 0 spiro atoms. The third-order valence-corrected chi connectivity index (χ3v) is 0.967. The third kappa shape index (κ3) is 0.294. The van der Waals surface area contributed by atoms with E-state index in [1.807, 2.05) is 0 Å². The van der Waals surface area contributed by atoms with Crippen molar-refractivity contribution in [2.45, 2.75) is 0 Å². The van der Waals surface area contributed by atoms with Gasteiger partial charge in [-0.15, -0.1) is 0 Å². The van der Waals surface area contributed by atoms with Crippen molar-refractivity contribution < 1.29 is 0 Å². The normalized spacial score (nSPS) is 13.5. The first-order valence-electron chi connectivity index (χ1n) is 2.23. The summed E-state index contributed by atoms with van der Waals surface area (Å²) in [6.07, 6.45) is 3.05. The van der Waals surface area contributed by atoms with Gasteiger partial charge in [-0.25, -0.2) is 15.3 Å². The number of hydrogen-bond acceptors (Lipinski definition) is 2. The second kappa shape index (κ2) is 1.09. The Morgan fingerprint density at radius 3 is 3.38 bits per heavy atom. The standard InChI is InChI=1S/C4H3N4/c1-5-3-4(6-1)8-2-7-3/h1-2H,(H,5,6). The quantitative estimate of drug-likeness (QED) is 0.510. The number of aromatic nitrogens is 2. The van der Waals surface area contributed by atoms with Crippen LogP contribution in [0.1, 0.15) is 0 Å². The molecule has 2 heterocycles. The van der Waals surface area contributed by atoms with Crippen LogP contribution in [-0.4, -0.2) is 16.3 Å². The number of nitrogens with zero attached hydrogens (tertiary/aromatic N) is 3. The van der Waals surface area contributed by atoms with Gasteiger partial charge in [-0.3, -0.25) is 0 Å². The molecule has 1 radical (unpaired) electrons. The Hall–Kier alpha value is -1.32. The van der Waals surface area contributed by atoms with Crippen LogP contribution in [-0.2, 0) is 0 Å². The van der Waals surface area contributed by atoms with Gasteiger partial charge in [0.05, 0.1) is 6.33 Å². The molecule has 0 amide bonds. The van der Waals surface area contributed by atoms with Crippen LogP contribution in [0.25, 0.3) is 0 Å². The van der Waals surface area contributed by atoms with Crippen LogP contribution in [0.15, 0.2) is 11.3 Å². The molecule has 0 fully saturated rings. The molecule has 0 saturated carbocycles. The Balaban J connectivity index is 2.67. The number of aromatic amines is 1. The van der Waals surface area contributed by atoms with Gasteiger partial charge in [0.1, 0.15) is 6.34 Å². The van der Waals surface area contributed by atoms with Crippen LogP contribution in [0.3, 0.4) is 0 Å². The predicted octanol–water partition coefficient (Wildman–Crippen LogP) is 0.319. The third-order valence-electron chi connectivity index (χ3n) is 0.967. The van der Waals surface area contributed by atoms with Crippen molar-refractivity contribution in [3.63, 3.8) is 0 Å². The highest BCUT2D eigenvalue weighted by molar-refractivity contribution is 5.76. The molecule has 1 N–H and O–H groups in total. The highest BCUT2D eigenvalue weighted by Gasteiger charge is 2.07. The monoisotopic (exact) mass is 107 g/mol. The van der Waals surface area contributed by atoms with Crippen molar-refractivity contribution in [1.82, 2.24) is 15.3 Å². The fourth-order valence-electron chi connectivity index (χ4n) is 0.611. The number of rotatable bonds is 0. The Morgan fingerprint density at radius 2 is 2.50 bits per heavy atom. The van der Waals surface area contributed by atoms with Crippen LogP contribution in [0.2, 0.25) is 0 Å². The minimum atomic E-state index is 0.685. The molecule has 1 aromatic rings. The van der Waals surface area contributed by atoms with Crippen LogP contribution in [0.5, 0.6) is 0 Å². The van der Waals surface area contributed by atoms with Crippen molar-refractivity contribution in [1.29, 1.82) is 0 Å². The van der Waals surface area contributed by atoms with Crippen LogP contribution in [0, 0.1) is 0 Å². The summed E-state index contributed by atoms with van der Waals surface area (Å²) in [6, 6.07) is 0. The molecule has 4 heteroatoms. The fourth-order valence-corrected chi connectivity index (χ4v) is 0.611. The minimum absolute atomic E-state index is 0.685. The number of fused-ring (bicyclic) bond motifs is 1. The van der Waals surface area contributed by atoms with Crippen LogP contribution < -0.4 is 5.32 Å². The summed E-state index contributed by atoms with van der Waals surface area (Å²) in [7, 11) is 0. The lowest BCUT2D eigenvalue weighted by atomic mass is 10.7. The largest absolute Gasteiger partial charge is 0.328 e. The maximum Gasteiger partial charge on any atom is 0.198 e. The van der Waals surface area contributed by atoms with E-state index in [2.05, 4.69) is 20.3 Å². The zero-order chi connectivity index (χ0) is 5.40. The minimum Gasteiger partial charge on any atom is -0.328 e. The van der Waals surface area contributed by atoms with Crippen molar-refractivity contribution in [3.05, 3.63) is 6.33 Å². The van der Waals surface area contributed by atoms with Crippen molar-refractivity contribution in [2.75, 3.05) is 0 Å². The van der Waals surface area contributed by atoms with E-state index in [1.165, 1.54) is 6.34 Å². The van der Waals surface area contributed by atoms with Gasteiger partial charge in [0.25, 0.3) is 0 Å². The highest BCUT2D eigenvalue weighted by Crippen LogP contribution is 2.21. The number of nitrogens with one attached hydrogen (secondary N) is 1. The Labute approximate surface area is 45.7 Å². The molecular formula is C4H3N4. The molecule has 0 aliphatic carbocycles. The molecule has 0 aromatic carbocycles.